The largest absolute Gasteiger partial charge is 0.390 e. The van der Waals surface area contributed by atoms with Crippen LogP contribution < -0.4 is 0 Å². The topological polar surface area (TPSA) is 42.4 Å². The number of aromatic nitrogens is 1. The summed E-state index contributed by atoms with van der Waals surface area (Å²) in [6.07, 6.45) is 0.590. The van der Waals surface area contributed by atoms with Crippen LogP contribution in [0.15, 0.2) is 5.38 Å². The van der Waals surface area contributed by atoms with Crippen LogP contribution in [0.1, 0.15) is 24.5 Å². The first-order valence-corrected chi connectivity index (χ1v) is 5.04. The molecule has 0 saturated carbocycles. The van der Waals surface area contributed by atoms with Crippen molar-refractivity contribution in [1.29, 1.82) is 0 Å². The molecule has 0 aliphatic heterocycles. The first kappa shape index (κ1) is 10.6. The third-order valence-corrected chi connectivity index (χ3v) is 2.35. The van der Waals surface area contributed by atoms with E-state index in [0.717, 1.165) is 10.7 Å². The van der Waals surface area contributed by atoms with Crippen LogP contribution in [0, 0.1) is 0 Å². The SMILES string of the molecule is COCc1nc(CC(C)(C)O)cs1. The van der Waals surface area contributed by atoms with Gasteiger partial charge in [0, 0.05) is 18.9 Å². The van der Waals surface area contributed by atoms with E-state index in [-0.39, 0.29) is 0 Å². The number of rotatable bonds is 4. The van der Waals surface area contributed by atoms with E-state index in [1.54, 1.807) is 32.3 Å². The molecule has 1 N–H and O–H groups in total. The third-order valence-electron chi connectivity index (χ3n) is 1.48. The maximum atomic E-state index is 9.54. The highest BCUT2D eigenvalue weighted by Crippen LogP contribution is 2.16. The van der Waals surface area contributed by atoms with E-state index in [0.29, 0.717) is 13.0 Å². The normalized spacial score (nSPS) is 12.0. The first-order valence-electron chi connectivity index (χ1n) is 4.16. The second-order valence-corrected chi connectivity index (χ2v) is 4.60. The van der Waals surface area contributed by atoms with Gasteiger partial charge in [0.25, 0.3) is 0 Å². The Morgan fingerprint density at radius 1 is 1.62 bits per heavy atom. The molecule has 0 bridgehead atoms. The van der Waals surface area contributed by atoms with Gasteiger partial charge in [-0.15, -0.1) is 11.3 Å². The Morgan fingerprint density at radius 2 is 2.31 bits per heavy atom. The summed E-state index contributed by atoms with van der Waals surface area (Å²) in [5, 5.41) is 12.5. The smallest absolute Gasteiger partial charge is 0.119 e. The van der Waals surface area contributed by atoms with E-state index in [1.807, 2.05) is 5.38 Å². The van der Waals surface area contributed by atoms with E-state index in [9.17, 15) is 5.11 Å². The Balaban J connectivity index is 2.59. The van der Waals surface area contributed by atoms with Gasteiger partial charge in [-0.1, -0.05) is 0 Å². The third kappa shape index (κ3) is 3.85. The van der Waals surface area contributed by atoms with Gasteiger partial charge in [0.2, 0.25) is 0 Å². The van der Waals surface area contributed by atoms with Crippen LogP contribution in [0.5, 0.6) is 0 Å². The minimum Gasteiger partial charge on any atom is -0.390 e. The molecule has 1 aromatic heterocycles. The molecule has 13 heavy (non-hydrogen) atoms. The molecule has 0 saturated heterocycles. The Labute approximate surface area is 82.4 Å². The molecule has 0 aliphatic rings. The number of nitrogens with zero attached hydrogens (tertiary/aromatic N) is 1. The second-order valence-electron chi connectivity index (χ2n) is 3.65. The number of thiazole rings is 1. The van der Waals surface area contributed by atoms with E-state index in [2.05, 4.69) is 4.98 Å². The molecule has 0 spiro atoms. The fourth-order valence-corrected chi connectivity index (χ4v) is 1.83. The van der Waals surface area contributed by atoms with Gasteiger partial charge in [0.15, 0.2) is 0 Å². The van der Waals surface area contributed by atoms with Crippen LogP contribution in [0.4, 0.5) is 0 Å². The van der Waals surface area contributed by atoms with Gasteiger partial charge in [0.05, 0.1) is 17.9 Å². The standard InChI is InChI=1S/C9H15NO2S/c1-9(2,11)4-7-6-13-8(10-7)5-12-3/h6,11H,4-5H2,1-3H3. The van der Waals surface area contributed by atoms with Gasteiger partial charge >= 0.3 is 0 Å². The van der Waals surface area contributed by atoms with E-state index in [4.69, 9.17) is 4.74 Å². The van der Waals surface area contributed by atoms with Gasteiger partial charge in [-0.2, -0.15) is 0 Å². The van der Waals surface area contributed by atoms with Crippen molar-refractivity contribution in [1.82, 2.24) is 4.98 Å². The molecule has 0 aromatic carbocycles. The van der Waals surface area contributed by atoms with Gasteiger partial charge in [-0.25, -0.2) is 4.98 Å². The average Bonchev–Trinajstić information content (AvgIpc) is 2.33. The van der Waals surface area contributed by atoms with Gasteiger partial charge < -0.3 is 9.84 Å². The van der Waals surface area contributed by atoms with Gasteiger partial charge in [-0.05, 0) is 13.8 Å². The van der Waals surface area contributed by atoms with Gasteiger partial charge in [-0.3, -0.25) is 0 Å². The van der Waals surface area contributed by atoms with Crippen LogP contribution in [0.2, 0.25) is 0 Å². The molecule has 0 atom stereocenters. The lowest BCUT2D eigenvalue weighted by Gasteiger charge is -2.14. The summed E-state index contributed by atoms with van der Waals surface area (Å²) in [6, 6.07) is 0. The summed E-state index contributed by atoms with van der Waals surface area (Å²) < 4.78 is 4.96. The van der Waals surface area contributed by atoms with Crippen molar-refractivity contribution in [2.24, 2.45) is 0 Å². The molecule has 0 fully saturated rings. The molecule has 1 rings (SSSR count). The molecular weight excluding hydrogens is 186 g/mol. The van der Waals surface area contributed by atoms with E-state index in [1.165, 1.54) is 0 Å². The molecule has 74 valence electrons. The van der Waals surface area contributed by atoms with E-state index < -0.39 is 5.60 Å². The Kier molecular flexibility index (Phi) is 3.41. The van der Waals surface area contributed by atoms with Crippen molar-refractivity contribution in [3.05, 3.63) is 16.1 Å². The summed E-state index contributed by atoms with van der Waals surface area (Å²) in [6.45, 7) is 4.11. The number of methoxy groups -OCH3 is 1. The maximum absolute atomic E-state index is 9.54. The molecule has 0 unspecified atom stereocenters. The highest BCUT2D eigenvalue weighted by molar-refractivity contribution is 7.09. The van der Waals surface area contributed by atoms with Crippen LogP contribution in [-0.2, 0) is 17.8 Å². The fourth-order valence-electron chi connectivity index (χ4n) is 1.06. The lowest BCUT2D eigenvalue weighted by atomic mass is 10.0. The maximum Gasteiger partial charge on any atom is 0.119 e. The van der Waals surface area contributed by atoms with Crippen LogP contribution >= 0.6 is 11.3 Å². The second kappa shape index (κ2) is 4.17. The highest BCUT2D eigenvalue weighted by Gasteiger charge is 2.15. The van der Waals surface area contributed by atoms with Crippen molar-refractivity contribution in [3.8, 4) is 0 Å². The molecule has 3 nitrogen and oxygen atoms in total. The lowest BCUT2D eigenvalue weighted by molar-refractivity contribution is 0.0799. The van der Waals surface area contributed by atoms with Crippen molar-refractivity contribution in [2.75, 3.05) is 7.11 Å². The van der Waals surface area contributed by atoms with Crippen LogP contribution in [0.25, 0.3) is 0 Å². The summed E-state index contributed by atoms with van der Waals surface area (Å²) in [7, 11) is 1.65. The fraction of sp³-hybridized carbons (Fsp3) is 0.667. The van der Waals surface area contributed by atoms with Crippen LogP contribution in [-0.4, -0.2) is 22.8 Å². The van der Waals surface area contributed by atoms with Crippen molar-refractivity contribution < 1.29 is 9.84 Å². The molecule has 0 aliphatic carbocycles. The first-order chi connectivity index (χ1) is 6.01. The molecular formula is C9H15NO2S. The minimum absolute atomic E-state index is 0.552. The summed E-state index contributed by atoms with van der Waals surface area (Å²) in [4.78, 5) is 4.32. The van der Waals surface area contributed by atoms with Crippen molar-refractivity contribution in [3.63, 3.8) is 0 Å². The predicted octanol–water partition coefficient (Wildman–Crippen LogP) is 1.60. The molecule has 0 amide bonds. The minimum atomic E-state index is -0.682. The number of hydrogen-bond acceptors (Lipinski definition) is 4. The summed E-state index contributed by atoms with van der Waals surface area (Å²) in [5.41, 5.74) is 0.253. The Hall–Kier alpha value is -0.450. The Morgan fingerprint density at radius 3 is 2.85 bits per heavy atom. The highest BCUT2D eigenvalue weighted by atomic mass is 32.1. The summed E-state index contributed by atoms with van der Waals surface area (Å²) in [5.74, 6) is 0. The zero-order valence-electron chi connectivity index (χ0n) is 8.20. The lowest BCUT2D eigenvalue weighted by Crippen LogP contribution is -2.21. The zero-order valence-corrected chi connectivity index (χ0v) is 9.02. The predicted molar refractivity (Wildman–Crippen MR) is 52.8 cm³/mol. The zero-order chi connectivity index (χ0) is 9.90. The number of ether oxygens (including phenoxy) is 1. The van der Waals surface area contributed by atoms with Crippen LogP contribution in [0.3, 0.4) is 0 Å². The van der Waals surface area contributed by atoms with Crippen molar-refractivity contribution >= 4 is 11.3 Å². The number of aliphatic hydroxyl groups is 1. The van der Waals surface area contributed by atoms with Crippen molar-refractivity contribution in [2.45, 2.75) is 32.5 Å². The molecule has 1 heterocycles. The molecule has 1 aromatic rings. The monoisotopic (exact) mass is 201 g/mol. The average molecular weight is 201 g/mol. The van der Waals surface area contributed by atoms with Gasteiger partial charge in [0.1, 0.15) is 5.01 Å². The van der Waals surface area contributed by atoms with E-state index >= 15 is 0 Å². The quantitative estimate of drug-likeness (QED) is 0.804. The number of hydrogen-bond donors (Lipinski definition) is 1. The molecule has 4 heteroatoms. The molecule has 0 radical (unpaired) electrons. The Bertz CT molecular complexity index is 265. The summed E-state index contributed by atoms with van der Waals surface area (Å²) >= 11 is 1.57.